The van der Waals surface area contributed by atoms with Crippen molar-refractivity contribution in [2.75, 3.05) is 6.54 Å². The molecule has 0 aromatic heterocycles. The summed E-state index contributed by atoms with van der Waals surface area (Å²) >= 11 is -3.07. The van der Waals surface area contributed by atoms with Gasteiger partial charge in [-0.25, -0.2) is 0 Å². The average Bonchev–Trinajstić information content (AvgIpc) is 2.21. The zero-order valence-corrected chi connectivity index (χ0v) is 10.9. The molecule has 74 valence electrons. The summed E-state index contributed by atoms with van der Waals surface area (Å²) in [6, 6.07) is -0.443. The van der Waals surface area contributed by atoms with Crippen LogP contribution in [0.2, 0.25) is 9.88 Å². The van der Waals surface area contributed by atoms with E-state index in [0.717, 1.165) is 0 Å². The number of carbonyl (C=O) groups excluding carboxylic acids is 2. The van der Waals surface area contributed by atoms with Gasteiger partial charge in [-0.05, 0) is 0 Å². The van der Waals surface area contributed by atoms with Gasteiger partial charge in [0, 0.05) is 0 Å². The number of carbonyl (C=O) groups is 2. The van der Waals surface area contributed by atoms with Crippen molar-refractivity contribution in [3.63, 3.8) is 0 Å². The Kier molecular flexibility index (Phi) is 2.86. The molecule has 2 N–H and O–H groups in total. The topological polar surface area (TPSA) is 72.6 Å². The molecule has 1 rings (SSSR count). The van der Waals surface area contributed by atoms with Gasteiger partial charge in [-0.3, -0.25) is 0 Å². The van der Waals surface area contributed by atoms with Crippen LogP contribution in [0.4, 0.5) is 0 Å². The number of nitrogens with two attached hydrogens (primary N) is 1. The fourth-order valence-corrected chi connectivity index (χ4v) is 8.68. The Morgan fingerprint density at radius 1 is 1.69 bits per heavy atom. The molecule has 1 aliphatic heterocycles. The van der Waals surface area contributed by atoms with E-state index in [4.69, 9.17) is 8.81 Å². The van der Waals surface area contributed by atoms with Crippen molar-refractivity contribution >= 4 is 30.9 Å². The zero-order chi connectivity index (χ0) is 10.2. The molecule has 1 heterocycles. The Morgan fingerprint density at radius 3 is 2.54 bits per heavy atom. The van der Waals surface area contributed by atoms with Gasteiger partial charge in [0.25, 0.3) is 0 Å². The van der Waals surface area contributed by atoms with E-state index in [1.165, 1.54) is 0 Å². The molecule has 5 nitrogen and oxygen atoms in total. The molecule has 0 saturated carbocycles. The van der Waals surface area contributed by atoms with E-state index in [1.807, 2.05) is 9.88 Å². The summed E-state index contributed by atoms with van der Waals surface area (Å²) in [7, 11) is 0. The summed E-state index contributed by atoms with van der Waals surface area (Å²) < 4.78 is 6.80. The van der Waals surface area contributed by atoms with Gasteiger partial charge in [-0.15, -0.1) is 0 Å². The van der Waals surface area contributed by atoms with Crippen LogP contribution in [0.1, 0.15) is 6.92 Å². The van der Waals surface area contributed by atoms with Crippen molar-refractivity contribution in [3.8, 4) is 0 Å². The van der Waals surface area contributed by atoms with Gasteiger partial charge < -0.3 is 0 Å². The molecule has 0 unspecified atom stereocenters. The van der Waals surface area contributed by atoms with Crippen LogP contribution in [-0.4, -0.2) is 46.6 Å². The second-order valence-electron chi connectivity index (χ2n) is 3.51. The Labute approximate surface area is 82.0 Å². The molecule has 1 aliphatic rings. The van der Waals surface area contributed by atoms with E-state index in [0.29, 0.717) is 0 Å². The van der Waals surface area contributed by atoms with Gasteiger partial charge in [-0.2, -0.15) is 0 Å². The van der Waals surface area contributed by atoms with Gasteiger partial charge in [0.05, 0.1) is 0 Å². The predicted octanol–water partition coefficient (Wildman–Crippen LogP) is -0.579. The van der Waals surface area contributed by atoms with Crippen LogP contribution in [0.25, 0.3) is 0 Å². The fraction of sp³-hybridized carbons (Fsp3) is 0.714. The first-order chi connectivity index (χ1) is 5.90. The van der Waals surface area contributed by atoms with Gasteiger partial charge in [0.2, 0.25) is 0 Å². The van der Waals surface area contributed by atoms with E-state index in [2.05, 4.69) is 0 Å². The molecule has 0 radical (unpaired) electrons. The Balaban J connectivity index is 2.93. The minimum absolute atomic E-state index is 0.0542. The Bertz CT molecular complexity index is 254. The normalized spacial score (nSPS) is 26.0. The molecule has 1 amide bonds. The quantitative estimate of drug-likeness (QED) is 0.657. The van der Waals surface area contributed by atoms with Crippen LogP contribution in [0.15, 0.2) is 0 Å². The monoisotopic (exact) mass is 294 g/mol. The van der Waals surface area contributed by atoms with Gasteiger partial charge in [0.1, 0.15) is 0 Å². The molecular weight excluding hydrogens is 279 g/mol. The third-order valence-corrected chi connectivity index (χ3v) is 9.23. The molecule has 0 spiro atoms. The molecule has 1 saturated heterocycles. The third kappa shape index (κ3) is 1.80. The molecular formula is C7H14N2O3Sn. The first-order valence-electron chi connectivity index (χ1n) is 4.15. The SMILES string of the molecule is C[C@H]1C(=O)[O][Sn]([CH3])([CH3])[N]1C(=O)CN. The first-order valence-corrected chi connectivity index (χ1v) is 12.3. The summed E-state index contributed by atoms with van der Waals surface area (Å²) in [6.45, 7) is 1.63. The zero-order valence-electron chi connectivity index (χ0n) is 8.03. The Hall–Kier alpha value is -0.301. The van der Waals surface area contributed by atoms with Crippen LogP contribution >= 0.6 is 0 Å². The first kappa shape index (κ1) is 10.8. The summed E-state index contributed by atoms with van der Waals surface area (Å²) in [5.41, 5.74) is 5.26. The second kappa shape index (κ2) is 3.45. The molecule has 0 aromatic carbocycles. The van der Waals surface area contributed by atoms with Crippen LogP contribution in [-0.2, 0) is 12.7 Å². The van der Waals surface area contributed by atoms with Gasteiger partial charge in [0.15, 0.2) is 0 Å². The summed E-state index contributed by atoms with van der Waals surface area (Å²) in [5, 5.41) is 0. The van der Waals surface area contributed by atoms with Gasteiger partial charge in [-0.1, -0.05) is 0 Å². The van der Waals surface area contributed by atoms with Crippen molar-refractivity contribution in [1.29, 1.82) is 0 Å². The minimum atomic E-state index is -3.07. The third-order valence-electron chi connectivity index (χ3n) is 2.10. The number of hydrogen-bond acceptors (Lipinski definition) is 4. The van der Waals surface area contributed by atoms with Crippen molar-refractivity contribution in [2.45, 2.75) is 22.8 Å². The van der Waals surface area contributed by atoms with E-state index in [-0.39, 0.29) is 18.4 Å². The van der Waals surface area contributed by atoms with E-state index in [9.17, 15) is 9.59 Å². The van der Waals surface area contributed by atoms with Crippen LogP contribution in [0.5, 0.6) is 0 Å². The van der Waals surface area contributed by atoms with Crippen molar-refractivity contribution < 1.29 is 12.7 Å². The maximum absolute atomic E-state index is 11.4. The fourth-order valence-electron chi connectivity index (χ4n) is 1.57. The summed E-state index contributed by atoms with van der Waals surface area (Å²) in [6.07, 6.45) is 0. The van der Waals surface area contributed by atoms with Crippen molar-refractivity contribution in [1.82, 2.24) is 3.12 Å². The van der Waals surface area contributed by atoms with Crippen LogP contribution in [0, 0.1) is 0 Å². The number of nitrogens with zero attached hydrogens (tertiary/aromatic N) is 1. The van der Waals surface area contributed by atoms with Crippen LogP contribution in [0.3, 0.4) is 0 Å². The van der Waals surface area contributed by atoms with E-state index < -0.39 is 25.1 Å². The van der Waals surface area contributed by atoms with Crippen LogP contribution < -0.4 is 5.73 Å². The van der Waals surface area contributed by atoms with E-state index in [1.54, 1.807) is 10.0 Å². The molecule has 0 aliphatic carbocycles. The standard InChI is InChI=1S/C5H10N2O3.2CH3.Sn/c1-3(5(9)10)7-4(8)2-6;;;/h3H,2,6H2,1H3,(H2,7,8,9,10);2*1H3;/q;;;+2/p-2/t3-;;;/m0.../s1. The van der Waals surface area contributed by atoms with Crippen molar-refractivity contribution in [2.24, 2.45) is 5.73 Å². The molecule has 6 heteroatoms. The maximum atomic E-state index is 11.4. The number of rotatable bonds is 1. The summed E-state index contributed by atoms with van der Waals surface area (Å²) in [5.74, 6) is -0.471. The van der Waals surface area contributed by atoms with E-state index >= 15 is 0 Å². The Morgan fingerprint density at radius 2 is 2.23 bits per heavy atom. The molecule has 13 heavy (non-hydrogen) atoms. The summed E-state index contributed by atoms with van der Waals surface area (Å²) in [4.78, 5) is 26.4. The molecule has 1 fully saturated rings. The molecule has 0 aromatic rings. The predicted molar refractivity (Wildman–Crippen MR) is 48.9 cm³/mol. The van der Waals surface area contributed by atoms with Crippen molar-refractivity contribution in [3.05, 3.63) is 0 Å². The molecule has 0 bridgehead atoms. The number of hydrogen-bond donors (Lipinski definition) is 1. The molecule has 1 atom stereocenters. The number of amides is 1. The average molecular weight is 293 g/mol. The van der Waals surface area contributed by atoms with Gasteiger partial charge >= 0.3 is 81.8 Å². The second-order valence-corrected chi connectivity index (χ2v) is 13.7.